The molecule has 0 unspecified atom stereocenters. The Morgan fingerprint density at radius 2 is 1.90 bits per heavy atom. The number of rotatable bonds is 5. The summed E-state index contributed by atoms with van der Waals surface area (Å²) >= 11 is 0. The molecule has 1 amide bonds. The van der Waals surface area contributed by atoms with Crippen LogP contribution < -0.4 is 20.5 Å². The first kappa shape index (κ1) is 13.5. The minimum atomic E-state index is -0.517. The van der Waals surface area contributed by atoms with Crippen molar-refractivity contribution in [2.45, 2.75) is 12.6 Å². The molecule has 1 aliphatic heterocycles. The van der Waals surface area contributed by atoms with Crippen molar-refractivity contribution < 1.29 is 14.3 Å². The highest BCUT2D eigenvalue weighted by Gasteiger charge is 2.18. The standard InChI is InChI=1S/C16H16N2O3/c17-16(19)15(12-4-2-1-3-5-12)18-9-11-6-7-13-14(8-11)21-10-20-13/h1-8,15,18H,9-10H2,(H2,17,19)/t15-/m1/s1. The van der Waals surface area contributed by atoms with Gasteiger partial charge in [0.05, 0.1) is 0 Å². The smallest absolute Gasteiger partial charge is 0.239 e. The maximum absolute atomic E-state index is 11.6. The molecule has 2 aromatic rings. The Balaban J connectivity index is 1.71. The van der Waals surface area contributed by atoms with Crippen molar-refractivity contribution >= 4 is 5.91 Å². The zero-order valence-corrected chi connectivity index (χ0v) is 11.4. The van der Waals surface area contributed by atoms with Crippen molar-refractivity contribution in [1.82, 2.24) is 5.32 Å². The molecule has 0 saturated carbocycles. The number of hydrogen-bond acceptors (Lipinski definition) is 4. The molecule has 0 bridgehead atoms. The van der Waals surface area contributed by atoms with Crippen LogP contribution in [0.4, 0.5) is 0 Å². The van der Waals surface area contributed by atoms with Gasteiger partial charge in [0, 0.05) is 6.54 Å². The molecule has 0 aliphatic carbocycles. The van der Waals surface area contributed by atoms with E-state index in [2.05, 4.69) is 5.32 Å². The van der Waals surface area contributed by atoms with Gasteiger partial charge in [-0.15, -0.1) is 0 Å². The first-order chi connectivity index (χ1) is 10.2. The van der Waals surface area contributed by atoms with E-state index in [1.54, 1.807) is 0 Å². The van der Waals surface area contributed by atoms with Crippen molar-refractivity contribution in [3.05, 3.63) is 59.7 Å². The van der Waals surface area contributed by atoms with Crippen LogP contribution in [0.25, 0.3) is 0 Å². The van der Waals surface area contributed by atoms with Crippen LogP contribution in [0, 0.1) is 0 Å². The van der Waals surface area contributed by atoms with E-state index < -0.39 is 11.9 Å². The fourth-order valence-electron chi connectivity index (χ4n) is 2.30. The van der Waals surface area contributed by atoms with Crippen LogP contribution in [0.5, 0.6) is 11.5 Å². The first-order valence-electron chi connectivity index (χ1n) is 6.70. The molecule has 5 nitrogen and oxygen atoms in total. The largest absolute Gasteiger partial charge is 0.454 e. The molecule has 2 aromatic carbocycles. The average Bonchev–Trinajstić information content (AvgIpc) is 2.96. The lowest BCUT2D eigenvalue weighted by Gasteiger charge is -2.16. The third kappa shape index (κ3) is 2.98. The van der Waals surface area contributed by atoms with Gasteiger partial charge >= 0.3 is 0 Å². The van der Waals surface area contributed by atoms with E-state index in [4.69, 9.17) is 15.2 Å². The maximum atomic E-state index is 11.6. The Morgan fingerprint density at radius 3 is 2.67 bits per heavy atom. The topological polar surface area (TPSA) is 73.6 Å². The summed E-state index contributed by atoms with van der Waals surface area (Å²) in [6.07, 6.45) is 0. The van der Waals surface area contributed by atoms with E-state index in [0.29, 0.717) is 6.54 Å². The van der Waals surface area contributed by atoms with Gasteiger partial charge in [0.1, 0.15) is 6.04 Å². The summed E-state index contributed by atoms with van der Waals surface area (Å²) in [5.41, 5.74) is 7.33. The van der Waals surface area contributed by atoms with Gasteiger partial charge < -0.3 is 15.2 Å². The van der Waals surface area contributed by atoms with Gasteiger partial charge in [0.15, 0.2) is 11.5 Å². The summed E-state index contributed by atoms with van der Waals surface area (Å²) in [6.45, 7) is 0.763. The molecule has 3 N–H and O–H groups in total. The Labute approximate surface area is 122 Å². The van der Waals surface area contributed by atoms with Crippen LogP contribution in [0.1, 0.15) is 17.2 Å². The normalized spacial score (nSPS) is 13.9. The SMILES string of the molecule is NC(=O)[C@H](NCc1ccc2c(c1)OCO2)c1ccccc1. The second-order valence-corrected chi connectivity index (χ2v) is 4.81. The summed E-state index contributed by atoms with van der Waals surface area (Å²) in [4.78, 5) is 11.6. The molecule has 0 spiro atoms. The lowest BCUT2D eigenvalue weighted by molar-refractivity contribution is -0.120. The molecular formula is C16H16N2O3. The van der Waals surface area contributed by atoms with Crippen LogP contribution in [-0.2, 0) is 11.3 Å². The van der Waals surface area contributed by atoms with Crippen LogP contribution in [0.2, 0.25) is 0 Å². The van der Waals surface area contributed by atoms with Crippen LogP contribution >= 0.6 is 0 Å². The Kier molecular flexibility index (Phi) is 3.75. The van der Waals surface area contributed by atoms with Gasteiger partial charge in [0.2, 0.25) is 12.7 Å². The molecule has 0 aromatic heterocycles. The fraction of sp³-hybridized carbons (Fsp3) is 0.188. The highest BCUT2D eigenvalue weighted by atomic mass is 16.7. The lowest BCUT2D eigenvalue weighted by Crippen LogP contribution is -2.33. The predicted molar refractivity (Wildman–Crippen MR) is 77.8 cm³/mol. The maximum Gasteiger partial charge on any atom is 0.239 e. The first-order valence-corrected chi connectivity index (χ1v) is 6.70. The number of benzene rings is 2. The van der Waals surface area contributed by atoms with E-state index >= 15 is 0 Å². The second-order valence-electron chi connectivity index (χ2n) is 4.81. The van der Waals surface area contributed by atoms with Gasteiger partial charge in [0.25, 0.3) is 0 Å². The van der Waals surface area contributed by atoms with Crippen LogP contribution in [-0.4, -0.2) is 12.7 Å². The van der Waals surface area contributed by atoms with E-state index in [1.165, 1.54) is 0 Å². The molecule has 1 aliphatic rings. The van der Waals surface area contributed by atoms with Crippen LogP contribution in [0.3, 0.4) is 0 Å². The molecule has 0 fully saturated rings. The molecular weight excluding hydrogens is 268 g/mol. The molecule has 5 heteroatoms. The number of amides is 1. The summed E-state index contributed by atoms with van der Waals surface area (Å²) in [6, 6.07) is 14.6. The number of carbonyl (C=O) groups is 1. The second kappa shape index (κ2) is 5.85. The predicted octanol–water partition coefficient (Wildman–Crippen LogP) is 1.73. The third-order valence-corrected chi connectivity index (χ3v) is 3.36. The molecule has 0 radical (unpaired) electrons. The van der Waals surface area contributed by atoms with Gasteiger partial charge in [-0.1, -0.05) is 36.4 Å². The monoisotopic (exact) mass is 284 g/mol. The Bertz CT molecular complexity index is 643. The minimum absolute atomic E-state index is 0.250. The van der Waals surface area contributed by atoms with Crippen molar-refractivity contribution in [3.63, 3.8) is 0 Å². The summed E-state index contributed by atoms with van der Waals surface area (Å²) in [7, 11) is 0. The fourth-order valence-corrected chi connectivity index (χ4v) is 2.30. The van der Waals surface area contributed by atoms with Crippen molar-refractivity contribution in [3.8, 4) is 11.5 Å². The van der Waals surface area contributed by atoms with Gasteiger partial charge in [-0.25, -0.2) is 0 Å². The number of ether oxygens (including phenoxy) is 2. The highest BCUT2D eigenvalue weighted by molar-refractivity contribution is 5.81. The lowest BCUT2D eigenvalue weighted by atomic mass is 10.1. The Morgan fingerprint density at radius 1 is 1.14 bits per heavy atom. The Hall–Kier alpha value is -2.53. The van der Waals surface area contributed by atoms with Gasteiger partial charge in [-0.2, -0.15) is 0 Å². The molecule has 1 atom stereocenters. The highest BCUT2D eigenvalue weighted by Crippen LogP contribution is 2.32. The number of carbonyl (C=O) groups excluding carboxylic acids is 1. The van der Waals surface area contributed by atoms with Crippen molar-refractivity contribution in [1.29, 1.82) is 0 Å². The summed E-state index contributed by atoms with van der Waals surface area (Å²) in [5, 5.41) is 3.17. The number of nitrogens with one attached hydrogen (secondary N) is 1. The quantitative estimate of drug-likeness (QED) is 0.877. The number of hydrogen-bond donors (Lipinski definition) is 2. The van der Waals surface area contributed by atoms with E-state index in [0.717, 1.165) is 22.6 Å². The number of nitrogens with two attached hydrogens (primary N) is 1. The summed E-state index contributed by atoms with van der Waals surface area (Å²) in [5.74, 6) is 1.07. The number of primary amides is 1. The third-order valence-electron chi connectivity index (χ3n) is 3.36. The molecule has 3 rings (SSSR count). The molecule has 1 heterocycles. The summed E-state index contributed by atoms with van der Waals surface area (Å²) < 4.78 is 10.6. The van der Waals surface area contributed by atoms with Crippen molar-refractivity contribution in [2.24, 2.45) is 5.73 Å². The van der Waals surface area contributed by atoms with E-state index in [9.17, 15) is 4.79 Å². The van der Waals surface area contributed by atoms with Crippen LogP contribution in [0.15, 0.2) is 48.5 Å². The number of fused-ring (bicyclic) bond motifs is 1. The zero-order chi connectivity index (χ0) is 14.7. The minimum Gasteiger partial charge on any atom is -0.454 e. The van der Waals surface area contributed by atoms with Gasteiger partial charge in [-0.3, -0.25) is 10.1 Å². The molecule has 21 heavy (non-hydrogen) atoms. The molecule has 0 saturated heterocycles. The average molecular weight is 284 g/mol. The van der Waals surface area contributed by atoms with Gasteiger partial charge in [-0.05, 0) is 23.3 Å². The van der Waals surface area contributed by atoms with Crippen molar-refractivity contribution in [2.75, 3.05) is 6.79 Å². The van der Waals surface area contributed by atoms with E-state index in [1.807, 2.05) is 48.5 Å². The molecule has 108 valence electrons. The van der Waals surface area contributed by atoms with E-state index in [-0.39, 0.29) is 6.79 Å². The zero-order valence-electron chi connectivity index (χ0n) is 11.4.